The molecule has 0 aromatic heterocycles. The van der Waals surface area contributed by atoms with Crippen LogP contribution in [0.15, 0.2) is 28.0 Å². The Bertz CT molecular complexity index is 215. The summed E-state index contributed by atoms with van der Waals surface area (Å²) < 4.78 is 0. The second-order valence-corrected chi connectivity index (χ2v) is 3.09. The molecule has 0 bridgehead atoms. The Hall–Kier alpha value is -0.120. The molecule has 0 aliphatic heterocycles. The van der Waals surface area contributed by atoms with Crippen LogP contribution in [0.3, 0.4) is 0 Å². The highest BCUT2D eigenvalue weighted by Crippen LogP contribution is 2.15. The molecule has 1 aromatic carbocycles. The van der Waals surface area contributed by atoms with Gasteiger partial charge < -0.3 is 5.73 Å². The summed E-state index contributed by atoms with van der Waals surface area (Å²) in [6.07, 6.45) is 0. The van der Waals surface area contributed by atoms with Crippen LogP contribution in [0, 0.1) is 0 Å². The molecule has 54 valence electrons. The molecule has 0 atom stereocenters. The van der Waals surface area contributed by atoms with E-state index in [9.17, 15) is 0 Å². The van der Waals surface area contributed by atoms with Crippen molar-refractivity contribution in [3.63, 3.8) is 0 Å². The van der Waals surface area contributed by atoms with Crippen molar-refractivity contribution in [2.45, 2.75) is 16.3 Å². The van der Waals surface area contributed by atoms with E-state index in [1.807, 2.05) is 18.2 Å². The normalized spacial score (nSPS) is 9.90. The summed E-state index contributed by atoms with van der Waals surface area (Å²) >= 11 is 8.35. The molecule has 10 heavy (non-hydrogen) atoms. The van der Waals surface area contributed by atoms with Gasteiger partial charge in [-0.2, -0.15) is 0 Å². The number of rotatable bonds is 1. The van der Waals surface area contributed by atoms with Gasteiger partial charge in [-0.05, 0) is 23.8 Å². The highest BCUT2D eigenvalue weighted by atomic mass is 32.1. The van der Waals surface area contributed by atoms with Crippen molar-refractivity contribution in [1.82, 2.24) is 0 Å². The van der Waals surface area contributed by atoms with Crippen molar-refractivity contribution in [3.8, 4) is 0 Å². The van der Waals surface area contributed by atoms with Crippen molar-refractivity contribution in [2.75, 3.05) is 0 Å². The Morgan fingerprint density at radius 1 is 1.10 bits per heavy atom. The Balaban J connectivity index is 3.06. The molecule has 0 radical (unpaired) electrons. The average molecular weight is 171 g/mol. The van der Waals surface area contributed by atoms with Crippen LogP contribution >= 0.6 is 25.3 Å². The van der Waals surface area contributed by atoms with Gasteiger partial charge in [0.2, 0.25) is 0 Å². The molecule has 0 aliphatic carbocycles. The SMILES string of the molecule is NCc1cc(S)cc(S)c1. The molecule has 1 rings (SSSR count). The Morgan fingerprint density at radius 3 is 2.00 bits per heavy atom. The van der Waals surface area contributed by atoms with E-state index in [0.717, 1.165) is 15.4 Å². The first-order chi connectivity index (χ1) is 4.72. The van der Waals surface area contributed by atoms with E-state index in [4.69, 9.17) is 5.73 Å². The fourth-order valence-electron chi connectivity index (χ4n) is 0.774. The molecule has 0 aliphatic rings. The molecule has 0 heterocycles. The molecule has 2 N–H and O–H groups in total. The van der Waals surface area contributed by atoms with E-state index in [1.54, 1.807) is 0 Å². The fourth-order valence-corrected chi connectivity index (χ4v) is 1.49. The quantitative estimate of drug-likeness (QED) is 0.551. The predicted octanol–water partition coefficient (Wildman–Crippen LogP) is 1.72. The summed E-state index contributed by atoms with van der Waals surface area (Å²) in [6, 6.07) is 5.75. The van der Waals surface area contributed by atoms with Gasteiger partial charge in [0.25, 0.3) is 0 Å². The minimum absolute atomic E-state index is 0.544. The van der Waals surface area contributed by atoms with Crippen molar-refractivity contribution < 1.29 is 0 Å². The molecular formula is C7H9NS2. The number of hydrogen-bond acceptors (Lipinski definition) is 3. The van der Waals surface area contributed by atoms with Crippen LogP contribution < -0.4 is 5.73 Å². The van der Waals surface area contributed by atoms with E-state index >= 15 is 0 Å². The van der Waals surface area contributed by atoms with Crippen LogP contribution in [0.1, 0.15) is 5.56 Å². The lowest BCUT2D eigenvalue weighted by Gasteiger charge is -1.99. The molecule has 0 fully saturated rings. The minimum atomic E-state index is 0.544. The molecule has 1 nitrogen and oxygen atoms in total. The van der Waals surface area contributed by atoms with E-state index in [0.29, 0.717) is 6.54 Å². The van der Waals surface area contributed by atoms with Crippen molar-refractivity contribution >= 4 is 25.3 Å². The van der Waals surface area contributed by atoms with Crippen molar-refractivity contribution in [1.29, 1.82) is 0 Å². The van der Waals surface area contributed by atoms with Gasteiger partial charge >= 0.3 is 0 Å². The third-order valence-electron chi connectivity index (χ3n) is 1.20. The van der Waals surface area contributed by atoms with Crippen molar-refractivity contribution in [2.24, 2.45) is 5.73 Å². The number of benzene rings is 1. The van der Waals surface area contributed by atoms with Gasteiger partial charge in [0.15, 0.2) is 0 Å². The highest BCUT2D eigenvalue weighted by molar-refractivity contribution is 7.81. The van der Waals surface area contributed by atoms with Gasteiger partial charge in [0, 0.05) is 16.3 Å². The Kier molecular flexibility index (Phi) is 2.65. The molecule has 0 saturated heterocycles. The zero-order valence-corrected chi connectivity index (χ0v) is 7.20. The van der Waals surface area contributed by atoms with Crippen LogP contribution in [-0.2, 0) is 6.54 Å². The summed E-state index contributed by atoms with van der Waals surface area (Å²) in [5.41, 5.74) is 6.49. The molecular weight excluding hydrogens is 162 g/mol. The molecule has 0 saturated carbocycles. The van der Waals surface area contributed by atoms with Gasteiger partial charge in [-0.1, -0.05) is 0 Å². The lowest BCUT2D eigenvalue weighted by molar-refractivity contribution is 1.05. The highest BCUT2D eigenvalue weighted by Gasteiger charge is 1.92. The summed E-state index contributed by atoms with van der Waals surface area (Å²) in [6.45, 7) is 0.544. The Labute approximate surface area is 71.4 Å². The van der Waals surface area contributed by atoms with Gasteiger partial charge in [0.1, 0.15) is 0 Å². The van der Waals surface area contributed by atoms with Crippen LogP contribution in [0.25, 0.3) is 0 Å². The van der Waals surface area contributed by atoms with Gasteiger partial charge in [0.05, 0.1) is 0 Å². The van der Waals surface area contributed by atoms with E-state index < -0.39 is 0 Å². The largest absolute Gasteiger partial charge is 0.326 e. The number of nitrogens with two attached hydrogens (primary N) is 1. The average Bonchev–Trinajstić information content (AvgIpc) is 1.85. The van der Waals surface area contributed by atoms with E-state index in [-0.39, 0.29) is 0 Å². The summed E-state index contributed by atoms with van der Waals surface area (Å²) in [4.78, 5) is 1.82. The summed E-state index contributed by atoms with van der Waals surface area (Å²) in [5.74, 6) is 0. The molecule has 0 unspecified atom stereocenters. The second kappa shape index (κ2) is 3.32. The van der Waals surface area contributed by atoms with Gasteiger partial charge in [-0.3, -0.25) is 0 Å². The first-order valence-corrected chi connectivity index (χ1v) is 3.84. The summed E-state index contributed by atoms with van der Waals surface area (Å²) in [7, 11) is 0. The molecule has 0 amide bonds. The van der Waals surface area contributed by atoms with Crippen LogP contribution in [0.2, 0.25) is 0 Å². The lowest BCUT2D eigenvalue weighted by Crippen LogP contribution is -1.95. The Morgan fingerprint density at radius 2 is 1.60 bits per heavy atom. The third-order valence-corrected chi connectivity index (χ3v) is 1.71. The van der Waals surface area contributed by atoms with Crippen LogP contribution in [-0.4, -0.2) is 0 Å². The standard InChI is InChI=1S/C7H9NS2/c8-4-5-1-6(9)3-7(10)2-5/h1-3,9-10H,4,8H2. The van der Waals surface area contributed by atoms with Crippen LogP contribution in [0.5, 0.6) is 0 Å². The van der Waals surface area contributed by atoms with Gasteiger partial charge in [-0.25, -0.2) is 0 Å². The number of thiol groups is 2. The topological polar surface area (TPSA) is 26.0 Å². The fraction of sp³-hybridized carbons (Fsp3) is 0.143. The maximum atomic E-state index is 5.42. The van der Waals surface area contributed by atoms with E-state index in [2.05, 4.69) is 25.3 Å². The van der Waals surface area contributed by atoms with E-state index in [1.165, 1.54) is 0 Å². The number of hydrogen-bond donors (Lipinski definition) is 3. The monoisotopic (exact) mass is 171 g/mol. The third kappa shape index (κ3) is 1.94. The zero-order chi connectivity index (χ0) is 7.56. The van der Waals surface area contributed by atoms with Crippen molar-refractivity contribution in [3.05, 3.63) is 23.8 Å². The molecule has 1 aromatic rings. The second-order valence-electron chi connectivity index (χ2n) is 2.06. The maximum absolute atomic E-state index is 5.42. The maximum Gasteiger partial charge on any atom is 0.0178 e. The first kappa shape index (κ1) is 7.98. The smallest absolute Gasteiger partial charge is 0.0178 e. The molecule has 0 spiro atoms. The lowest BCUT2D eigenvalue weighted by atomic mass is 10.2. The van der Waals surface area contributed by atoms with Crippen LogP contribution in [0.4, 0.5) is 0 Å². The minimum Gasteiger partial charge on any atom is -0.326 e. The van der Waals surface area contributed by atoms with Gasteiger partial charge in [-0.15, -0.1) is 25.3 Å². The predicted molar refractivity (Wildman–Crippen MR) is 48.8 cm³/mol. The first-order valence-electron chi connectivity index (χ1n) is 2.94. The summed E-state index contributed by atoms with van der Waals surface area (Å²) in [5, 5.41) is 0. The zero-order valence-electron chi connectivity index (χ0n) is 5.41. The molecule has 3 heteroatoms.